The van der Waals surface area contributed by atoms with Gasteiger partial charge in [0.15, 0.2) is 0 Å². The fraction of sp³-hybridized carbons (Fsp3) is 0.467. The van der Waals surface area contributed by atoms with Crippen LogP contribution in [-0.2, 0) is 4.79 Å². The number of halogens is 1. The Morgan fingerprint density at radius 3 is 3.10 bits per heavy atom. The monoisotopic (exact) mass is 291 g/mol. The lowest BCUT2D eigenvalue weighted by molar-refractivity contribution is -0.117. The Morgan fingerprint density at radius 2 is 2.40 bits per heavy atom. The second kappa shape index (κ2) is 6.74. The molecule has 0 radical (unpaired) electrons. The van der Waals surface area contributed by atoms with Crippen molar-refractivity contribution < 1.29 is 4.79 Å². The molecule has 0 spiro atoms. The molecule has 1 aliphatic rings. The van der Waals surface area contributed by atoms with Crippen molar-refractivity contribution in [1.82, 2.24) is 4.90 Å². The minimum absolute atomic E-state index is 0.0992. The fourth-order valence-electron chi connectivity index (χ4n) is 2.54. The lowest BCUT2D eigenvalue weighted by atomic mass is 10.0. The van der Waals surface area contributed by atoms with Crippen LogP contribution >= 0.6 is 11.6 Å². The zero-order chi connectivity index (χ0) is 14.5. The topological polar surface area (TPSA) is 56.1 Å². The molecule has 0 aliphatic carbocycles. The van der Waals surface area contributed by atoms with Crippen LogP contribution in [0.1, 0.15) is 25.3 Å². The summed E-state index contributed by atoms with van der Waals surface area (Å²) < 4.78 is 0. The first kappa shape index (κ1) is 14.8. The van der Waals surface area contributed by atoms with E-state index in [0.29, 0.717) is 28.7 Å². The van der Waals surface area contributed by atoms with Crippen LogP contribution < -0.4 is 5.32 Å². The highest BCUT2D eigenvalue weighted by Crippen LogP contribution is 2.21. The van der Waals surface area contributed by atoms with E-state index in [2.05, 4.69) is 23.2 Å². The van der Waals surface area contributed by atoms with Gasteiger partial charge in [0.25, 0.3) is 0 Å². The molecule has 0 saturated carbocycles. The number of hydrogen-bond donors (Lipinski definition) is 1. The second-order valence-corrected chi connectivity index (χ2v) is 5.77. The van der Waals surface area contributed by atoms with E-state index in [1.165, 1.54) is 6.42 Å². The van der Waals surface area contributed by atoms with Crippen molar-refractivity contribution in [2.45, 2.75) is 19.8 Å². The van der Waals surface area contributed by atoms with Gasteiger partial charge in [-0.2, -0.15) is 5.26 Å². The van der Waals surface area contributed by atoms with Gasteiger partial charge in [-0.3, -0.25) is 9.69 Å². The second-order valence-electron chi connectivity index (χ2n) is 5.33. The predicted molar refractivity (Wildman–Crippen MR) is 79.6 cm³/mol. The highest BCUT2D eigenvalue weighted by atomic mass is 35.5. The zero-order valence-electron chi connectivity index (χ0n) is 11.5. The average Bonchev–Trinajstić information content (AvgIpc) is 2.38. The third-order valence-corrected chi connectivity index (χ3v) is 3.72. The Morgan fingerprint density at radius 1 is 1.60 bits per heavy atom. The highest BCUT2D eigenvalue weighted by molar-refractivity contribution is 6.31. The van der Waals surface area contributed by atoms with Crippen molar-refractivity contribution in [3.63, 3.8) is 0 Å². The molecular formula is C15H18ClN3O. The van der Waals surface area contributed by atoms with Crippen molar-refractivity contribution >= 4 is 23.2 Å². The maximum Gasteiger partial charge on any atom is 0.238 e. The van der Waals surface area contributed by atoms with Gasteiger partial charge in [0.05, 0.1) is 17.8 Å². The number of likely N-dealkylation sites (tertiary alicyclic amines) is 1. The number of carbonyl (C=O) groups excluding carboxylic acids is 1. The maximum atomic E-state index is 12.1. The Kier molecular flexibility index (Phi) is 4.99. The van der Waals surface area contributed by atoms with Gasteiger partial charge in [0.1, 0.15) is 6.07 Å². The summed E-state index contributed by atoms with van der Waals surface area (Å²) in [6.07, 6.45) is 2.36. The van der Waals surface area contributed by atoms with E-state index in [-0.39, 0.29) is 5.91 Å². The molecule has 0 aromatic heterocycles. The number of piperidine rings is 1. The van der Waals surface area contributed by atoms with E-state index in [0.717, 1.165) is 19.5 Å². The number of benzene rings is 1. The van der Waals surface area contributed by atoms with Gasteiger partial charge in [0.2, 0.25) is 5.91 Å². The number of rotatable bonds is 3. The number of amides is 1. The molecule has 20 heavy (non-hydrogen) atoms. The van der Waals surface area contributed by atoms with E-state index < -0.39 is 0 Å². The summed E-state index contributed by atoms with van der Waals surface area (Å²) in [4.78, 5) is 14.2. The van der Waals surface area contributed by atoms with Gasteiger partial charge < -0.3 is 5.32 Å². The molecule has 106 valence electrons. The highest BCUT2D eigenvalue weighted by Gasteiger charge is 2.19. The molecule has 1 aliphatic heterocycles. The lowest BCUT2D eigenvalue weighted by Gasteiger charge is -2.30. The van der Waals surface area contributed by atoms with Crippen molar-refractivity contribution in [3.05, 3.63) is 28.8 Å². The standard InChI is InChI=1S/C15H18ClN3O/c1-11-3-2-6-19(9-11)10-15(20)18-14-7-13(16)5-4-12(14)8-17/h4-5,7,11H,2-3,6,9-10H2,1H3,(H,18,20)/t11-/m1/s1. The predicted octanol–water partition coefficient (Wildman–Crippen LogP) is 2.88. The first-order valence-electron chi connectivity index (χ1n) is 6.80. The molecule has 1 fully saturated rings. The third kappa shape index (κ3) is 3.96. The summed E-state index contributed by atoms with van der Waals surface area (Å²) in [5.74, 6) is 0.537. The van der Waals surface area contributed by atoms with Gasteiger partial charge in [-0.1, -0.05) is 18.5 Å². The SMILES string of the molecule is C[C@@H]1CCCN(CC(=O)Nc2cc(Cl)ccc2C#N)C1. The largest absolute Gasteiger partial charge is 0.324 e. The number of hydrogen-bond acceptors (Lipinski definition) is 3. The molecule has 1 aromatic carbocycles. The minimum atomic E-state index is -0.0992. The van der Waals surface area contributed by atoms with E-state index in [1.807, 2.05) is 0 Å². The van der Waals surface area contributed by atoms with Gasteiger partial charge in [-0.05, 0) is 43.5 Å². The summed E-state index contributed by atoms with van der Waals surface area (Å²) in [5, 5.41) is 12.3. The molecule has 0 bridgehead atoms. The van der Waals surface area contributed by atoms with Crippen molar-refractivity contribution in [2.75, 3.05) is 25.0 Å². The summed E-state index contributed by atoms with van der Waals surface area (Å²) in [6.45, 7) is 4.48. The van der Waals surface area contributed by atoms with Crippen LogP contribution in [0.25, 0.3) is 0 Å². The van der Waals surface area contributed by atoms with Crippen LogP contribution in [0, 0.1) is 17.2 Å². The Bertz CT molecular complexity index is 538. The number of carbonyl (C=O) groups is 1. The van der Waals surface area contributed by atoms with Crippen molar-refractivity contribution in [3.8, 4) is 6.07 Å². The van der Waals surface area contributed by atoms with Crippen LogP contribution in [0.15, 0.2) is 18.2 Å². The molecule has 2 rings (SSSR count). The van der Waals surface area contributed by atoms with Crippen molar-refractivity contribution in [1.29, 1.82) is 5.26 Å². The van der Waals surface area contributed by atoms with Gasteiger partial charge >= 0.3 is 0 Å². The van der Waals surface area contributed by atoms with E-state index in [1.54, 1.807) is 18.2 Å². The van der Waals surface area contributed by atoms with E-state index in [4.69, 9.17) is 16.9 Å². The van der Waals surface area contributed by atoms with Crippen LogP contribution in [0.3, 0.4) is 0 Å². The summed E-state index contributed by atoms with van der Waals surface area (Å²) >= 11 is 5.90. The van der Waals surface area contributed by atoms with E-state index >= 15 is 0 Å². The summed E-state index contributed by atoms with van der Waals surface area (Å²) in [6, 6.07) is 6.91. The molecule has 0 unspecified atom stereocenters. The van der Waals surface area contributed by atoms with Gasteiger partial charge in [-0.25, -0.2) is 0 Å². The fourth-order valence-corrected chi connectivity index (χ4v) is 2.71. The molecule has 4 nitrogen and oxygen atoms in total. The Balaban J connectivity index is 1.98. The lowest BCUT2D eigenvalue weighted by Crippen LogP contribution is -2.39. The molecule has 1 saturated heterocycles. The number of nitriles is 1. The van der Waals surface area contributed by atoms with Gasteiger partial charge in [0, 0.05) is 11.6 Å². The molecule has 1 heterocycles. The molecule has 1 N–H and O–H groups in total. The van der Waals surface area contributed by atoms with E-state index in [9.17, 15) is 4.79 Å². The van der Waals surface area contributed by atoms with Crippen LogP contribution in [0.5, 0.6) is 0 Å². The minimum Gasteiger partial charge on any atom is -0.324 e. The van der Waals surface area contributed by atoms with Crippen molar-refractivity contribution in [2.24, 2.45) is 5.92 Å². The number of anilines is 1. The molecule has 1 aromatic rings. The Labute approximate surface area is 124 Å². The molecular weight excluding hydrogens is 274 g/mol. The maximum absolute atomic E-state index is 12.1. The zero-order valence-corrected chi connectivity index (χ0v) is 12.3. The third-order valence-electron chi connectivity index (χ3n) is 3.48. The smallest absolute Gasteiger partial charge is 0.238 e. The van der Waals surface area contributed by atoms with Crippen LogP contribution in [0.2, 0.25) is 5.02 Å². The molecule has 1 atom stereocenters. The Hall–Kier alpha value is -1.57. The molecule has 5 heteroatoms. The first-order chi connectivity index (χ1) is 9.58. The first-order valence-corrected chi connectivity index (χ1v) is 7.18. The summed E-state index contributed by atoms with van der Waals surface area (Å²) in [7, 11) is 0. The van der Waals surface area contributed by atoms with Gasteiger partial charge in [-0.15, -0.1) is 0 Å². The normalized spacial score (nSPS) is 19.4. The quantitative estimate of drug-likeness (QED) is 0.931. The van der Waals surface area contributed by atoms with Crippen LogP contribution in [0.4, 0.5) is 5.69 Å². The summed E-state index contributed by atoms with van der Waals surface area (Å²) in [5.41, 5.74) is 0.907. The number of nitrogens with one attached hydrogen (secondary N) is 1. The molecule has 1 amide bonds. The van der Waals surface area contributed by atoms with Crippen LogP contribution in [-0.4, -0.2) is 30.4 Å². The number of nitrogens with zero attached hydrogens (tertiary/aromatic N) is 2. The average molecular weight is 292 g/mol.